The number of hydrogen-bond donors (Lipinski definition) is 6. The minimum atomic E-state index is -4.89. The zero-order chi connectivity index (χ0) is 36.7. The first kappa shape index (κ1) is 35.2. The predicted molar refractivity (Wildman–Crippen MR) is 194 cm³/mol. The van der Waals surface area contributed by atoms with Gasteiger partial charge in [-0.2, -0.15) is 21.9 Å². The lowest BCUT2D eigenvalue weighted by molar-refractivity contribution is 0.416. The largest absolute Gasteiger partial charge is 0.507 e. The van der Waals surface area contributed by atoms with Crippen LogP contribution in [-0.4, -0.2) is 43.3 Å². The number of aryl methyl sites for hydroxylation is 1. The van der Waals surface area contributed by atoms with Crippen molar-refractivity contribution in [2.24, 2.45) is 20.5 Å². The molecule has 0 fully saturated rings. The van der Waals surface area contributed by atoms with E-state index in [2.05, 4.69) is 38.4 Å². The quantitative estimate of drug-likeness (QED) is 0.0468. The molecule has 51 heavy (non-hydrogen) atoms. The van der Waals surface area contributed by atoms with Crippen molar-refractivity contribution in [1.82, 2.24) is 0 Å². The van der Waals surface area contributed by atoms with Gasteiger partial charge in [0.05, 0.1) is 28.8 Å². The first-order valence-corrected chi connectivity index (χ1v) is 18.0. The van der Waals surface area contributed by atoms with E-state index >= 15 is 0 Å². The fraction of sp³-hybridized carbons (Fsp3) is 0.0588. The Bertz CT molecular complexity index is 2650. The fourth-order valence-corrected chi connectivity index (χ4v) is 6.75. The van der Waals surface area contributed by atoms with Gasteiger partial charge in [-0.05, 0) is 90.0 Å². The highest BCUT2D eigenvalue weighted by Crippen LogP contribution is 2.44. The SMILES string of the molecule is COc1cc(N=Nc2cc(S(=O)(=O)O)cc3cc(S)cc(O)c23)c(C)cc1N=Nc1c(S(=O)(=O)O)cc2cc(Nc3ccccc3)ccc2c1O. The van der Waals surface area contributed by atoms with Gasteiger partial charge in [-0.25, -0.2) is 0 Å². The second-order valence-corrected chi connectivity index (χ2v) is 14.5. The first-order chi connectivity index (χ1) is 24.1. The Morgan fingerprint density at radius 2 is 1.41 bits per heavy atom. The number of nitrogens with one attached hydrogen (secondary N) is 1. The molecular formula is C34H27N5O9S3. The number of fused-ring (bicyclic) bond motifs is 2. The Morgan fingerprint density at radius 1 is 0.706 bits per heavy atom. The van der Waals surface area contributed by atoms with Gasteiger partial charge in [-0.15, -0.1) is 28.0 Å². The van der Waals surface area contributed by atoms with Crippen LogP contribution in [0.15, 0.2) is 126 Å². The summed E-state index contributed by atoms with van der Waals surface area (Å²) in [6.07, 6.45) is 0. The molecule has 0 unspecified atom stereocenters. The molecule has 0 radical (unpaired) electrons. The van der Waals surface area contributed by atoms with E-state index in [1.807, 2.05) is 30.3 Å². The van der Waals surface area contributed by atoms with E-state index in [4.69, 9.17) is 4.74 Å². The maximum absolute atomic E-state index is 12.5. The predicted octanol–water partition coefficient (Wildman–Crippen LogP) is 9.08. The van der Waals surface area contributed by atoms with Crippen molar-refractivity contribution in [3.05, 3.63) is 96.6 Å². The summed E-state index contributed by atoms with van der Waals surface area (Å²) in [6, 6.07) is 23.2. The summed E-state index contributed by atoms with van der Waals surface area (Å²) in [5.74, 6) is -0.685. The van der Waals surface area contributed by atoms with Crippen LogP contribution in [0.25, 0.3) is 21.5 Å². The van der Waals surface area contributed by atoms with E-state index in [0.29, 0.717) is 21.5 Å². The highest BCUT2D eigenvalue weighted by Gasteiger charge is 2.23. The number of hydrogen-bond acceptors (Lipinski definition) is 13. The highest BCUT2D eigenvalue weighted by molar-refractivity contribution is 7.86. The van der Waals surface area contributed by atoms with Crippen LogP contribution in [-0.2, 0) is 20.2 Å². The number of phenols is 2. The van der Waals surface area contributed by atoms with Crippen molar-refractivity contribution < 1.29 is 40.9 Å². The topological polar surface area (TPSA) is 220 Å². The van der Waals surface area contributed by atoms with Gasteiger partial charge in [-0.3, -0.25) is 9.11 Å². The third-order valence-corrected chi connectivity index (χ3v) is 9.63. The molecule has 0 aliphatic carbocycles. The van der Waals surface area contributed by atoms with Crippen LogP contribution in [0.4, 0.5) is 34.1 Å². The summed E-state index contributed by atoms with van der Waals surface area (Å²) in [5.41, 5.74) is 1.59. The molecule has 0 saturated carbocycles. The molecule has 0 aromatic heterocycles. The second-order valence-electron chi connectivity index (χ2n) is 11.2. The van der Waals surface area contributed by atoms with Crippen molar-refractivity contribution in [1.29, 1.82) is 0 Å². The smallest absolute Gasteiger partial charge is 0.296 e. The number of aromatic hydroxyl groups is 2. The number of rotatable bonds is 9. The average molecular weight is 746 g/mol. The number of phenolic OH excluding ortho intramolecular Hbond substituents is 2. The molecule has 6 aromatic rings. The van der Waals surface area contributed by atoms with Crippen LogP contribution in [0.5, 0.6) is 17.2 Å². The molecule has 0 bridgehead atoms. The van der Waals surface area contributed by atoms with Gasteiger partial charge >= 0.3 is 0 Å². The van der Waals surface area contributed by atoms with Crippen LogP contribution in [0.1, 0.15) is 5.56 Å². The minimum absolute atomic E-state index is 0.0689. The lowest BCUT2D eigenvalue weighted by Gasteiger charge is -2.12. The van der Waals surface area contributed by atoms with Gasteiger partial charge in [0.1, 0.15) is 27.8 Å². The molecule has 6 rings (SSSR count). The maximum Gasteiger partial charge on any atom is 0.296 e. The molecule has 0 saturated heterocycles. The minimum Gasteiger partial charge on any atom is -0.507 e. The van der Waals surface area contributed by atoms with E-state index in [0.717, 1.165) is 11.8 Å². The van der Waals surface area contributed by atoms with Crippen LogP contribution in [0.2, 0.25) is 0 Å². The number of ether oxygens (including phenoxy) is 1. The Hall–Kier alpha value is -5.59. The Balaban J connectivity index is 1.39. The Kier molecular flexibility index (Phi) is 9.41. The lowest BCUT2D eigenvalue weighted by atomic mass is 10.1. The molecule has 0 atom stereocenters. The second kappa shape index (κ2) is 13.6. The Labute approximate surface area is 296 Å². The maximum atomic E-state index is 12.5. The monoisotopic (exact) mass is 745 g/mol. The number of methoxy groups -OCH3 is 1. The molecule has 0 heterocycles. The van der Waals surface area contributed by atoms with E-state index < -0.39 is 41.5 Å². The fourth-order valence-electron chi connectivity index (χ4n) is 5.29. The van der Waals surface area contributed by atoms with E-state index in [-0.39, 0.29) is 44.7 Å². The number of thiol groups is 1. The third kappa shape index (κ3) is 7.47. The number of anilines is 2. The number of para-hydroxylation sites is 1. The zero-order valence-electron chi connectivity index (χ0n) is 26.5. The van der Waals surface area contributed by atoms with Crippen LogP contribution < -0.4 is 10.1 Å². The van der Waals surface area contributed by atoms with Gasteiger partial charge in [0, 0.05) is 27.7 Å². The molecule has 5 N–H and O–H groups in total. The van der Waals surface area contributed by atoms with Crippen molar-refractivity contribution in [2.75, 3.05) is 12.4 Å². The third-order valence-electron chi connectivity index (χ3n) is 7.68. The molecule has 0 amide bonds. The van der Waals surface area contributed by atoms with Crippen molar-refractivity contribution >= 4 is 88.5 Å². The van der Waals surface area contributed by atoms with Crippen molar-refractivity contribution in [3.8, 4) is 17.2 Å². The summed E-state index contributed by atoms with van der Waals surface area (Å²) in [5, 5.41) is 42.4. The normalized spacial score (nSPS) is 12.3. The van der Waals surface area contributed by atoms with E-state index in [1.165, 1.54) is 43.5 Å². The van der Waals surface area contributed by atoms with Crippen LogP contribution in [0.3, 0.4) is 0 Å². The molecule has 0 spiro atoms. The standard InChI is InChI=1S/C34H27N5O9S3/c1-18-10-27(30(48-2)17-26(18)36-38-28-16-24(50(42,43)44)13-20-12-23(49)15-29(40)32(20)28)37-39-33-31(51(45,46)47)14-19-11-22(8-9-25(19)34(33)41)35-21-6-4-3-5-7-21/h3-17,35,40-41,49H,1-2H3,(H,42,43,44)(H,45,46,47). The van der Waals surface area contributed by atoms with Gasteiger partial charge in [-0.1, -0.05) is 18.2 Å². The van der Waals surface area contributed by atoms with Crippen LogP contribution in [0, 0.1) is 6.92 Å². The lowest BCUT2D eigenvalue weighted by Crippen LogP contribution is -1.99. The molecule has 0 aliphatic heterocycles. The van der Waals surface area contributed by atoms with E-state index in [9.17, 15) is 36.2 Å². The average Bonchev–Trinajstić information content (AvgIpc) is 3.06. The summed E-state index contributed by atoms with van der Waals surface area (Å²) in [6.45, 7) is 1.64. The number of benzene rings is 6. The number of azo groups is 2. The van der Waals surface area contributed by atoms with Crippen molar-refractivity contribution in [2.45, 2.75) is 21.6 Å². The van der Waals surface area contributed by atoms with Gasteiger partial charge in [0.25, 0.3) is 20.2 Å². The summed E-state index contributed by atoms with van der Waals surface area (Å²) in [7, 11) is -8.20. The van der Waals surface area contributed by atoms with Crippen LogP contribution >= 0.6 is 12.6 Å². The number of nitrogens with zero attached hydrogens (tertiary/aromatic N) is 4. The van der Waals surface area contributed by atoms with E-state index in [1.54, 1.807) is 25.1 Å². The molecule has 17 heteroatoms. The highest BCUT2D eigenvalue weighted by atomic mass is 32.2. The van der Waals surface area contributed by atoms with Crippen molar-refractivity contribution in [3.63, 3.8) is 0 Å². The molecule has 260 valence electrons. The van der Waals surface area contributed by atoms with Gasteiger partial charge in [0.2, 0.25) is 0 Å². The Morgan fingerprint density at radius 3 is 2.10 bits per heavy atom. The summed E-state index contributed by atoms with van der Waals surface area (Å²) < 4.78 is 74.0. The molecule has 6 aromatic carbocycles. The van der Waals surface area contributed by atoms with Gasteiger partial charge in [0.15, 0.2) is 5.75 Å². The van der Waals surface area contributed by atoms with Gasteiger partial charge < -0.3 is 20.3 Å². The molecule has 14 nitrogen and oxygen atoms in total. The summed E-state index contributed by atoms with van der Waals surface area (Å²) in [4.78, 5) is -0.814. The molecule has 0 aliphatic rings. The summed E-state index contributed by atoms with van der Waals surface area (Å²) >= 11 is 4.21. The molecular weight excluding hydrogens is 719 g/mol. The first-order valence-electron chi connectivity index (χ1n) is 14.7. The zero-order valence-corrected chi connectivity index (χ0v) is 29.1.